The zero-order valence-corrected chi connectivity index (χ0v) is 14.2. The van der Waals surface area contributed by atoms with Gasteiger partial charge in [-0.25, -0.2) is 8.42 Å². The van der Waals surface area contributed by atoms with E-state index in [1.807, 2.05) is 26.0 Å². The van der Waals surface area contributed by atoms with Crippen molar-refractivity contribution in [3.8, 4) is 0 Å². The summed E-state index contributed by atoms with van der Waals surface area (Å²) in [5, 5.41) is 0.672. The number of hydrogen-bond donors (Lipinski definition) is 1. The molecule has 1 aromatic heterocycles. The van der Waals surface area contributed by atoms with Crippen LogP contribution < -0.4 is 5.73 Å². The second-order valence-corrected chi connectivity index (χ2v) is 7.65. The number of halogens is 1. The summed E-state index contributed by atoms with van der Waals surface area (Å²) in [6, 6.07) is 6.95. The lowest BCUT2D eigenvalue weighted by atomic mass is 10.1. The van der Waals surface area contributed by atoms with Crippen LogP contribution in [0.5, 0.6) is 0 Å². The number of aromatic nitrogens is 1. The Morgan fingerprint density at radius 2 is 2.00 bits per heavy atom. The second kappa shape index (κ2) is 6.12. The molecule has 1 fully saturated rings. The van der Waals surface area contributed by atoms with E-state index in [-0.39, 0.29) is 24.4 Å². The van der Waals surface area contributed by atoms with Crippen molar-refractivity contribution in [2.75, 3.05) is 13.1 Å². The van der Waals surface area contributed by atoms with Gasteiger partial charge < -0.3 is 5.73 Å². The molecule has 2 unspecified atom stereocenters. The molecule has 1 aliphatic heterocycles. The second-order valence-electron chi connectivity index (χ2n) is 5.74. The Morgan fingerprint density at radius 1 is 1.27 bits per heavy atom. The molecule has 2 N–H and O–H groups in total. The van der Waals surface area contributed by atoms with Gasteiger partial charge in [0.15, 0.2) is 0 Å². The van der Waals surface area contributed by atoms with E-state index in [1.54, 1.807) is 18.3 Å². The molecule has 2 aromatic rings. The first-order valence-electron chi connectivity index (χ1n) is 7.01. The summed E-state index contributed by atoms with van der Waals surface area (Å²) in [7, 11) is -3.53. The molecule has 0 spiro atoms. The van der Waals surface area contributed by atoms with Gasteiger partial charge in [-0.2, -0.15) is 4.31 Å². The molecule has 1 saturated heterocycles. The molecule has 3 rings (SSSR count). The van der Waals surface area contributed by atoms with Crippen LogP contribution in [0.4, 0.5) is 0 Å². The zero-order valence-electron chi connectivity index (χ0n) is 12.6. The van der Waals surface area contributed by atoms with Gasteiger partial charge in [-0.05, 0) is 36.6 Å². The Balaban J connectivity index is 0.00000176. The summed E-state index contributed by atoms with van der Waals surface area (Å²) < 4.78 is 27.3. The van der Waals surface area contributed by atoms with Crippen LogP contribution in [0.2, 0.25) is 0 Å². The third-order valence-electron chi connectivity index (χ3n) is 4.19. The topological polar surface area (TPSA) is 76.3 Å². The lowest BCUT2D eigenvalue weighted by Gasteiger charge is -2.17. The normalized spacial score (nSPS) is 22.7. The van der Waals surface area contributed by atoms with Gasteiger partial charge >= 0.3 is 0 Å². The monoisotopic (exact) mass is 341 g/mol. The van der Waals surface area contributed by atoms with Crippen LogP contribution in [-0.2, 0) is 10.0 Å². The molecule has 0 bridgehead atoms. The molecule has 0 saturated carbocycles. The van der Waals surface area contributed by atoms with Gasteiger partial charge in [-0.1, -0.05) is 13.0 Å². The lowest BCUT2D eigenvalue weighted by molar-refractivity contribution is 0.465. The fraction of sp³-hybridized carbons (Fsp3) is 0.400. The van der Waals surface area contributed by atoms with Crippen molar-refractivity contribution in [3.63, 3.8) is 0 Å². The Bertz CT molecular complexity index is 784. The molecule has 7 heteroatoms. The largest absolute Gasteiger partial charge is 0.326 e. The number of rotatable bonds is 2. The van der Waals surface area contributed by atoms with E-state index in [0.717, 1.165) is 11.1 Å². The first-order valence-corrected chi connectivity index (χ1v) is 8.45. The highest BCUT2D eigenvalue weighted by molar-refractivity contribution is 7.89. The minimum Gasteiger partial charge on any atom is -0.326 e. The molecule has 2 heterocycles. The summed E-state index contributed by atoms with van der Waals surface area (Å²) in [5.74, 6) is 0.176. The molecule has 1 aliphatic rings. The molecule has 5 nitrogen and oxygen atoms in total. The lowest BCUT2D eigenvalue weighted by Crippen LogP contribution is -2.32. The first kappa shape index (κ1) is 17.1. The Labute approximate surface area is 137 Å². The molecule has 1 aromatic carbocycles. The highest BCUT2D eigenvalue weighted by Crippen LogP contribution is 2.29. The highest BCUT2D eigenvalue weighted by atomic mass is 35.5. The van der Waals surface area contributed by atoms with E-state index in [0.29, 0.717) is 23.4 Å². The smallest absolute Gasteiger partial charge is 0.243 e. The Morgan fingerprint density at radius 3 is 2.64 bits per heavy atom. The van der Waals surface area contributed by atoms with E-state index in [4.69, 9.17) is 5.73 Å². The molecule has 0 aliphatic carbocycles. The number of aryl methyl sites for hydroxylation is 1. The van der Waals surface area contributed by atoms with Crippen LogP contribution in [-0.4, -0.2) is 36.8 Å². The summed E-state index contributed by atoms with van der Waals surface area (Å²) >= 11 is 0. The van der Waals surface area contributed by atoms with E-state index in [9.17, 15) is 8.42 Å². The molecule has 120 valence electrons. The van der Waals surface area contributed by atoms with Gasteiger partial charge in [0.05, 0.1) is 10.4 Å². The van der Waals surface area contributed by atoms with Crippen LogP contribution in [0.15, 0.2) is 35.4 Å². The standard InChI is InChI=1S/C15H19N3O2S.ClH/c1-10-5-6-14(12-4-3-7-17-15(10)12)21(19,20)18-8-11(2)13(16)9-18;/h3-7,11,13H,8-9,16H2,1-2H3;1H. The van der Waals surface area contributed by atoms with Crippen LogP contribution in [0.1, 0.15) is 12.5 Å². The number of hydrogen-bond acceptors (Lipinski definition) is 4. The number of sulfonamides is 1. The molecule has 0 radical (unpaired) electrons. The van der Waals surface area contributed by atoms with Crippen molar-refractivity contribution >= 4 is 33.3 Å². The summed E-state index contributed by atoms with van der Waals surface area (Å²) in [5.41, 5.74) is 7.66. The maximum absolute atomic E-state index is 12.9. The van der Waals surface area contributed by atoms with Crippen molar-refractivity contribution in [2.24, 2.45) is 11.7 Å². The van der Waals surface area contributed by atoms with E-state index >= 15 is 0 Å². The van der Waals surface area contributed by atoms with Crippen LogP contribution in [0.3, 0.4) is 0 Å². The maximum Gasteiger partial charge on any atom is 0.243 e. The third-order valence-corrected chi connectivity index (χ3v) is 6.08. The van der Waals surface area contributed by atoms with E-state index < -0.39 is 10.0 Å². The maximum atomic E-state index is 12.9. The summed E-state index contributed by atoms with van der Waals surface area (Å²) in [6.07, 6.45) is 1.68. The Kier molecular flexibility index (Phi) is 4.77. The minimum atomic E-state index is -3.53. The third kappa shape index (κ3) is 2.72. The van der Waals surface area contributed by atoms with Gasteiger partial charge in [0.2, 0.25) is 10.0 Å². The summed E-state index contributed by atoms with van der Waals surface area (Å²) in [4.78, 5) is 4.62. The van der Waals surface area contributed by atoms with Gasteiger partial charge in [-0.3, -0.25) is 4.98 Å². The van der Waals surface area contributed by atoms with Crippen LogP contribution in [0, 0.1) is 12.8 Å². The quantitative estimate of drug-likeness (QED) is 0.905. The number of nitrogens with zero attached hydrogens (tertiary/aromatic N) is 2. The van der Waals surface area contributed by atoms with Crippen molar-refractivity contribution in [1.29, 1.82) is 0 Å². The minimum absolute atomic E-state index is 0. The predicted molar refractivity (Wildman–Crippen MR) is 89.6 cm³/mol. The fourth-order valence-corrected chi connectivity index (χ4v) is 4.55. The number of nitrogens with two attached hydrogens (primary N) is 1. The Hall–Kier alpha value is -1.21. The number of fused-ring (bicyclic) bond motifs is 1. The predicted octanol–water partition coefficient (Wildman–Crippen LogP) is 1.93. The van der Waals surface area contributed by atoms with Crippen molar-refractivity contribution in [3.05, 3.63) is 36.0 Å². The summed E-state index contributed by atoms with van der Waals surface area (Å²) in [6.45, 7) is 4.76. The number of pyridine rings is 1. The van der Waals surface area contributed by atoms with E-state index in [2.05, 4.69) is 4.98 Å². The van der Waals surface area contributed by atoms with Crippen LogP contribution in [0.25, 0.3) is 10.9 Å². The average Bonchev–Trinajstić information content (AvgIpc) is 2.80. The molecule has 22 heavy (non-hydrogen) atoms. The SMILES string of the molecule is Cc1ccc(S(=O)(=O)N2CC(C)C(N)C2)c2cccnc12.Cl. The molecular weight excluding hydrogens is 322 g/mol. The molecular formula is C15H20ClN3O2S. The van der Waals surface area contributed by atoms with Crippen molar-refractivity contribution in [1.82, 2.24) is 9.29 Å². The van der Waals surface area contributed by atoms with Crippen molar-refractivity contribution in [2.45, 2.75) is 24.8 Å². The average molecular weight is 342 g/mol. The van der Waals surface area contributed by atoms with Gasteiger partial charge in [0.25, 0.3) is 0 Å². The molecule has 2 atom stereocenters. The number of benzene rings is 1. The highest BCUT2D eigenvalue weighted by Gasteiger charge is 2.36. The fourth-order valence-electron chi connectivity index (χ4n) is 2.79. The van der Waals surface area contributed by atoms with Gasteiger partial charge in [-0.15, -0.1) is 12.4 Å². The molecule has 0 amide bonds. The van der Waals surface area contributed by atoms with E-state index in [1.165, 1.54) is 4.31 Å². The van der Waals surface area contributed by atoms with Crippen molar-refractivity contribution < 1.29 is 8.42 Å². The van der Waals surface area contributed by atoms with Gasteiger partial charge in [0.1, 0.15) is 0 Å². The zero-order chi connectivity index (χ0) is 15.2. The van der Waals surface area contributed by atoms with Gasteiger partial charge in [0, 0.05) is 30.7 Å². The van der Waals surface area contributed by atoms with Crippen LogP contribution >= 0.6 is 12.4 Å². The first-order chi connectivity index (χ1) is 9.91.